The van der Waals surface area contributed by atoms with Gasteiger partial charge in [0.2, 0.25) is 5.91 Å². The van der Waals surface area contributed by atoms with Gasteiger partial charge in [-0.05, 0) is 18.6 Å². The fraction of sp³-hybridized carbons (Fsp3) is 0.500. The highest BCUT2D eigenvalue weighted by Gasteiger charge is 2.18. The normalized spacial score (nSPS) is 16.7. The molecule has 1 unspecified atom stereocenters. The van der Waals surface area contributed by atoms with E-state index in [1.165, 1.54) is 4.90 Å². The number of likely N-dealkylation sites (N-methyl/N-ethyl adjacent to an activating group) is 1. The number of nitrogens with one attached hydrogen (secondary N) is 2. The number of amides is 1. The minimum Gasteiger partial charge on any atom is -0.488 e. The Balaban J connectivity index is 2.08. The summed E-state index contributed by atoms with van der Waals surface area (Å²) in [4.78, 5) is 17.9. The van der Waals surface area contributed by atoms with Gasteiger partial charge in [-0.25, -0.2) is 4.99 Å². The van der Waals surface area contributed by atoms with Crippen molar-refractivity contribution in [3.63, 3.8) is 0 Å². The monoisotopic (exact) mass is 374 g/mol. The Labute approximate surface area is 161 Å². The van der Waals surface area contributed by atoms with Gasteiger partial charge >= 0.3 is 0 Å². The molecule has 2 N–H and O–H groups in total. The Morgan fingerprint density at radius 2 is 2.26 bits per heavy atom. The van der Waals surface area contributed by atoms with Crippen molar-refractivity contribution in [2.24, 2.45) is 4.99 Å². The van der Waals surface area contributed by atoms with E-state index in [-0.39, 0.29) is 18.6 Å². The van der Waals surface area contributed by atoms with Gasteiger partial charge in [-0.3, -0.25) is 4.79 Å². The fourth-order valence-corrected chi connectivity index (χ4v) is 2.51. The second-order valence-corrected chi connectivity index (χ2v) is 6.69. The molecule has 1 aliphatic rings. The lowest BCUT2D eigenvalue weighted by Gasteiger charge is -2.17. The first-order chi connectivity index (χ1) is 13.0. The highest BCUT2D eigenvalue weighted by molar-refractivity contribution is 5.86. The number of nitrogens with zero attached hydrogens (tertiary/aromatic N) is 2. The van der Waals surface area contributed by atoms with Gasteiger partial charge < -0.3 is 25.0 Å². The van der Waals surface area contributed by atoms with E-state index in [9.17, 15) is 4.79 Å². The van der Waals surface area contributed by atoms with Crippen molar-refractivity contribution in [3.8, 4) is 5.75 Å². The maximum Gasteiger partial charge on any atom is 0.241 e. The number of guanidine groups is 1. The van der Waals surface area contributed by atoms with E-state index in [0.29, 0.717) is 25.7 Å². The standard InChI is InChI=1S/C20H30N4O3/c1-5-9-21-20(23-13-19(25)24(3)4)22-12-16-7-6-15(2)11-18(16)27-17-8-10-26-14-17/h5-7,11,17H,1,8-10,12-14H2,2-4H3,(H2,21,22,23). The van der Waals surface area contributed by atoms with Gasteiger partial charge in [0.1, 0.15) is 11.9 Å². The van der Waals surface area contributed by atoms with Crippen LogP contribution in [-0.4, -0.2) is 63.3 Å². The number of carbonyl (C=O) groups is 1. The van der Waals surface area contributed by atoms with Gasteiger partial charge in [-0.2, -0.15) is 0 Å². The Morgan fingerprint density at radius 1 is 1.44 bits per heavy atom. The smallest absolute Gasteiger partial charge is 0.241 e. The van der Waals surface area contributed by atoms with Crippen LogP contribution >= 0.6 is 0 Å². The summed E-state index contributed by atoms with van der Waals surface area (Å²) in [5.41, 5.74) is 2.13. The fourth-order valence-electron chi connectivity index (χ4n) is 2.51. The number of ether oxygens (including phenoxy) is 2. The van der Waals surface area contributed by atoms with Gasteiger partial charge in [0.15, 0.2) is 5.96 Å². The van der Waals surface area contributed by atoms with Gasteiger partial charge in [0.25, 0.3) is 0 Å². The van der Waals surface area contributed by atoms with Gasteiger partial charge in [-0.1, -0.05) is 18.2 Å². The topological polar surface area (TPSA) is 75.2 Å². The molecule has 27 heavy (non-hydrogen) atoms. The van der Waals surface area contributed by atoms with Crippen LogP contribution in [0.2, 0.25) is 0 Å². The van der Waals surface area contributed by atoms with E-state index in [0.717, 1.165) is 29.9 Å². The quantitative estimate of drug-likeness (QED) is 0.409. The van der Waals surface area contributed by atoms with Crippen molar-refractivity contribution in [2.75, 3.05) is 40.4 Å². The summed E-state index contributed by atoms with van der Waals surface area (Å²) in [5, 5.41) is 6.18. The molecule has 0 radical (unpaired) electrons. The highest BCUT2D eigenvalue weighted by Crippen LogP contribution is 2.24. The van der Waals surface area contributed by atoms with Crippen LogP contribution in [0.4, 0.5) is 0 Å². The van der Waals surface area contributed by atoms with Crippen LogP contribution in [-0.2, 0) is 16.1 Å². The Hall–Kier alpha value is -2.54. The van der Waals surface area contributed by atoms with E-state index in [2.05, 4.69) is 22.2 Å². The Bertz CT molecular complexity index is 667. The van der Waals surface area contributed by atoms with E-state index in [1.807, 2.05) is 25.1 Å². The zero-order valence-electron chi connectivity index (χ0n) is 16.5. The molecular weight excluding hydrogens is 344 g/mol. The second kappa shape index (κ2) is 10.6. The molecule has 1 saturated heterocycles. The molecule has 1 fully saturated rings. The molecule has 1 amide bonds. The number of rotatable bonds is 8. The average molecular weight is 374 g/mol. The number of benzene rings is 1. The molecule has 0 saturated carbocycles. The summed E-state index contributed by atoms with van der Waals surface area (Å²) in [6.07, 6.45) is 2.73. The first-order valence-corrected chi connectivity index (χ1v) is 9.16. The molecule has 2 rings (SSSR count). The molecule has 0 aromatic heterocycles. The molecule has 1 aromatic rings. The molecule has 0 aliphatic carbocycles. The third kappa shape index (κ3) is 6.94. The molecule has 1 aliphatic heterocycles. The maximum absolute atomic E-state index is 11.8. The van der Waals surface area contributed by atoms with Gasteiger partial charge in [0, 0.05) is 32.6 Å². The summed E-state index contributed by atoms with van der Waals surface area (Å²) < 4.78 is 11.5. The molecule has 0 spiro atoms. The van der Waals surface area contributed by atoms with Crippen molar-refractivity contribution in [2.45, 2.75) is 26.0 Å². The summed E-state index contributed by atoms with van der Waals surface area (Å²) >= 11 is 0. The number of hydrogen-bond acceptors (Lipinski definition) is 4. The van der Waals surface area contributed by atoms with Crippen molar-refractivity contribution in [3.05, 3.63) is 42.0 Å². The van der Waals surface area contributed by atoms with E-state index in [1.54, 1.807) is 20.2 Å². The molecular formula is C20H30N4O3. The van der Waals surface area contributed by atoms with Crippen LogP contribution in [0.1, 0.15) is 17.5 Å². The third-order valence-electron chi connectivity index (χ3n) is 4.13. The van der Waals surface area contributed by atoms with Crippen LogP contribution in [0, 0.1) is 6.92 Å². The molecule has 7 nitrogen and oxygen atoms in total. The van der Waals surface area contributed by atoms with Crippen molar-refractivity contribution in [1.82, 2.24) is 15.5 Å². The third-order valence-corrected chi connectivity index (χ3v) is 4.13. The minimum atomic E-state index is -0.0244. The Kier molecular flexibility index (Phi) is 8.13. The lowest BCUT2D eigenvalue weighted by molar-refractivity contribution is -0.127. The summed E-state index contributed by atoms with van der Waals surface area (Å²) in [7, 11) is 3.45. The molecule has 7 heteroatoms. The molecule has 148 valence electrons. The molecule has 1 aromatic carbocycles. The van der Waals surface area contributed by atoms with Crippen LogP contribution in [0.25, 0.3) is 0 Å². The number of carbonyl (C=O) groups excluding carboxylic acids is 1. The zero-order valence-corrected chi connectivity index (χ0v) is 16.5. The van der Waals surface area contributed by atoms with Crippen LogP contribution in [0.5, 0.6) is 5.75 Å². The predicted octanol–water partition coefficient (Wildman–Crippen LogP) is 1.47. The van der Waals surface area contributed by atoms with Gasteiger partial charge in [-0.15, -0.1) is 6.58 Å². The minimum absolute atomic E-state index is 0.0244. The lowest BCUT2D eigenvalue weighted by atomic mass is 10.1. The Morgan fingerprint density at radius 3 is 2.93 bits per heavy atom. The predicted molar refractivity (Wildman–Crippen MR) is 107 cm³/mol. The maximum atomic E-state index is 11.8. The SMILES string of the molecule is C=CCNC(=NCc1ccc(C)cc1OC1CCOC1)NCC(=O)N(C)C. The van der Waals surface area contributed by atoms with Crippen molar-refractivity contribution in [1.29, 1.82) is 0 Å². The van der Waals surface area contributed by atoms with Gasteiger partial charge in [0.05, 0.1) is 26.3 Å². The summed E-state index contributed by atoms with van der Waals surface area (Å²) in [5.74, 6) is 1.37. The van der Waals surface area contributed by atoms with Crippen LogP contribution in [0.15, 0.2) is 35.8 Å². The first-order valence-electron chi connectivity index (χ1n) is 9.16. The number of aliphatic imine (C=N–C) groups is 1. The number of aryl methyl sites for hydroxylation is 1. The number of hydrogen-bond donors (Lipinski definition) is 2. The van der Waals surface area contributed by atoms with Crippen molar-refractivity contribution < 1.29 is 14.3 Å². The lowest BCUT2D eigenvalue weighted by Crippen LogP contribution is -2.43. The van der Waals surface area contributed by atoms with E-state index in [4.69, 9.17) is 9.47 Å². The molecule has 1 heterocycles. The van der Waals surface area contributed by atoms with Crippen LogP contribution in [0.3, 0.4) is 0 Å². The van der Waals surface area contributed by atoms with Crippen molar-refractivity contribution >= 4 is 11.9 Å². The average Bonchev–Trinajstić information content (AvgIpc) is 3.15. The summed E-state index contributed by atoms with van der Waals surface area (Å²) in [6, 6.07) is 6.10. The second-order valence-electron chi connectivity index (χ2n) is 6.69. The highest BCUT2D eigenvalue weighted by atomic mass is 16.5. The van der Waals surface area contributed by atoms with Crippen LogP contribution < -0.4 is 15.4 Å². The van der Waals surface area contributed by atoms with E-state index >= 15 is 0 Å². The summed E-state index contributed by atoms with van der Waals surface area (Å²) in [6.45, 7) is 8.27. The molecule has 0 bridgehead atoms. The largest absolute Gasteiger partial charge is 0.488 e. The zero-order chi connectivity index (χ0) is 19.6. The molecule has 1 atom stereocenters. The van der Waals surface area contributed by atoms with E-state index < -0.39 is 0 Å². The first kappa shape index (κ1) is 20.8.